The minimum absolute atomic E-state index is 0.0704. The van der Waals surface area contributed by atoms with E-state index in [-0.39, 0.29) is 5.41 Å². The molecule has 4 aromatic rings. The van der Waals surface area contributed by atoms with Gasteiger partial charge in [-0.05, 0) is 17.7 Å². The highest BCUT2D eigenvalue weighted by atomic mass is 15.1. The van der Waals surface area contributed by atoms with Crippen LogP contribution in [0.5, 0.6) is 0 Å². The van der Waals surface area contributed by atoms with E-state index in [1.807, 2.05) is 18.3 Å². The SMILES string of the molecule is [B]c1ccc2c3cccc4c3n(c2c1)-c1ncccc1C4(C)C. The molecule has 3 heterocycles. The lowest BCUT2D eigenvalue weighted by molar-refractivity contribution is 0.624. The third-order valence-electron chi connectivity index (χ3n) is 5.16. The summed E-state index contributed by atoms with van der Waals surface area (Å²) < 4.78 is 2.27. The molecule has 0 unspecified atom stereocenters. The number of hydrogen-bond acceptors (Lipinski definition) is 1. The van der Waals surface area contributed by atoms with Gasteiger partial charge < -0.3 is 0 Å². The van der Waals surface area contributed by atoms with Crippen molar-refractivity contribution >= 4 is 35.1 Å². The Balaban J connectivity index is 2.14. The van der Waals surface area contributed by atoms with E-state index < -0.39 is 0 Å². The Labute approximate surface area is 136 Å². The number of para-hydroxylation sites is 1. The molecule has 2 radical (unpaired) electrons. The minimum atomic E-state index is -0.0704. The maximum Gasteiger partial charge on any atom is 0.141 e. The number of nitrogens with zero attached hydrogens (tertiary/aromatic N) is 2. The third-order valence-corrected chi connectivity index (χ3v) is 5.16. The Morgan fingerprint density at radius 3 is 2.65 bits per heavy atom. The summed E-state index contributed by atoms with van der Waals surface area (Å²) in [5.74, 6) is 1.02. The summed E-state index contributed by atoms with van der Waals surface area (Å²) in [6.07, 6.45) is 1.87. The van der Waals surface area contributed by atoms with Crippen LogP contribution in [-0.2, 0) is 5.41 Å². The van der Waals surface area contributed by atoms with Crippen LogP contribution >= 0.6 is 0 Å². The predicted molar refractivity (Wildman–Crippen MR) is 96.1 cm³/mol. The van der Waals surface area contributed by atoms with E-state index >= 15 is 0 Å². The van der Waals surface area contributed by atoms with Gasteiger partial charge in [-0.2, -0.15) is 0 Å². The molecule has 2 nitrogen and oxygen atoms in total. The average molecular weight is 294 g/mol. The van der Waals surface area contributed by atoms with Crippen molar-refractivity contribution in [2.45, 2.75) is 19.3 Å². The molecule has 2 aromatic heterocycles. The van der Waals surface area contributed by atoms with Crippen LogP contribution < -0.4 is 5.46 Å². The highest BCUT2D eigenvalue weighted by molar-refractivity contribution is 6.33. The van der Waals surface area contributed by atoms with Crippen LogP contribution in [0.3, 0.4) is 0 Å². The minimum Gasteiger partial charge on any atom is -0.293 e. The van der Waals surface area contributed by atoms with E-state index in [1.165, 1.54) is 27.4 Å². The zero-order chi connectivity index (χ0) is 15.8. The predicted octanol–water partition coefficient (Wildman–Crippen LogP) is 3.61. The molecular weight excluding hydrogens is 279 g/mol. The van der Waals surface area contributed by atoms with Gasteiger partial charge in [-0.15, -0.1) is 0 Å². The van der Waals surface area contributed by atoms with E-state index in [0.29, 0.717) is 0 Å². The van der Waals surface area contributed by atoms with Crippen LogP contribution in [-0.4, -0.2) is 17.4 Å². The summed E-state index contributed by atoms with van der Waals surface area (Å²) in [6, 6.07) is 16.9. The first-order valence-corrected chi connectivity index (χ1v) is 7.88. The number of pyridine rings is 1. The molecule has 3 heteroatoms. The number of benzene rings is 2. The molecule has 0 atom stereocenters. The first-order valence-electron chi connectivity index (χ1n) is 7.88. The maximum absolute atomic E-state index is 6.06. The van der Waals surface area contributed by atoms with Gasteiger partial charge in [0.2, 0.25) is 0 Å². The topological polar surface area (TPSA) is 17.8 Å². The van der Waals surface area contributed by atoms with Gasteiger partial charge in [0, 0.05) is 27.9 Å². The lowest BCUT2D eigenvalue weighted by atomic mass is 9.76. The number of hydrogen-bond donors (Lipinski definition) is 0. The van der Waals surface area contributed by atoms with Gasteiger partial charge >= 0.3 is 0 Å². The molecule has 0 N–H and O–H groups in total. The van der Waals surface area contributed by atoms with Crippen molar-refractivity contribution in [3.05, 3.63) is 65.9 Å². The summed E-state index contributed by atoms with van der Waals surface area (Å²) in [5, 5.41) is 2.49. The Morgan fingerprint density at radius 2 is 1.78 bits per heavy atom. The second kappa shape index (κ2) is 4.05. The molecule has 0 spiro atoms. The Hall–Kier alpha value is -2.55. The van der Waals surface area contributed by atoms with Crippen molar-refractivity contribution in [2.75, 3.05) is 0 Å². The fraction of sp³-hybridized carbons (Fsp3) is 0.150. The molecule has 23 heavy (non-hydrogen) atoms. The second-order valence-electron chi connectivity index (χ2n) is 6.81. The number of aromatic nitrogens is 2. The molecule has 0 bridgehead atoms. The summed E-state index contributed by atoms with van der Waals surface area (Å²) in [5.41, 5.74) is 5.68. The van der Waals surface area contributed by atoms with Crippen molar-refractivity contribution < 1.29 is 0 Å². The van der Waals surface area contributed by atoms with Crippen LogP contribution in [0.25, 0.3) is 27.6 Å². The van der Waals surface area contributed by atoms with E-state index in [1.54, 1.807) is 0 Å². The lowest BCUT2D eigenvalue weighted by Crippen LogP contribution is -2.27. The molecular formula is C20H15BN2. The van der Waals surface area contributed by atoms with E-state index in [4.69, 9.17) is 12.8 Å². The first kappa shape index (κ1) is 12.9. The fourth-order valence-electron chi connectivity index (χ4n) is 4.02. The van der Waals surface area contributed by atoms with Gasteiger partial charge in [-0.25, -0.2) is 4.98 Å². The van der Waals surface area contributed by atoms with Crippen molar-refractivity contribution in [1.82, 2.24) is 9.55 Å². The highest BCUT2D eigenvalue weighted by Crippen LogP contribution is 2.46. The van der Waals surface area contributed by atoms with Gasteiger partial charge in [0.05, 0.1) is 11.0 Å². The normalized spacial score (nSPS) is 15.0. The van der Waals surface area contributed by atoms with E-state index in [2.05, 4.69) is 54.8 Å². The summed E-state index contributed by atoms with van der Waals surface area (Å²) in [7, 11) is 6.06. The maximum atomic E-state index is 6.06. The standard InChI is InChI=1S/C20H15BN2/c1-20(2)15-6-3-5-14-13-9-8-12(21)11-17(13)23(18(14)15)19-16(20)7-4-10-22-19/h3-11H,1-2H3. The van der Waals surface area contributed by atoms with Crippen molar-refractivity contribution in [1.29, 1.82) is 0 Å². The summed E-state index contributed by atoms with van der Waals surface area (Å²) in [6.45, 7) is 4.55. The molecule has 0 amide bonds. The zero-order valence-corrected chi connectivity index (χ0v) is 13.2. The van der Waals surface area contributed by atoms with Crippen molar-refractivity contribution in [3.63, 3.8) is 0 Å². The molecule has 1 aliphatic rings. The van der Waals surface area contributed by atoms with E-state index in [0.717, 1.165) is 16.8 Å². The molecule has 0 saturated carbocycles. The molecule has 5 rings (SSSR count). The Morgan fingerprint density at radius 1 is 0.957 bits per heavy atom. The lowest BCUT2D eigenvalue weighted by Gasteiger charge is -2.33. The van der Waals surface area contributed by atoms with Crippen LogP contribution in [0, 0.1) is 0 Å². The molecule has 2 aromatic carbocycles. The summed E-state index contributed by atoms with van der Waals surface area (Å²) in [4.78, 5) is 4.71. The third kappa shape index (κ3) is 1.47. The van der Waals surface area contributed by atoms with Gasteiger partial charge in [-0.3, -0.25) is 4.57 Å². The molecule has 0 aliphatic carbocycles. The van der Waals surface area contributed by atoms with E-state index in [9.17, 15) is 0 Å². The quantitative estimate of drug-likeness (QED) is 0.453. The Kier molecular flexibility index (Phi) is 2.28. The number of fused-ring (bicyclic) bond motifs is 5. The largest absolute Gasteiger partial charge is 0.293 e. The smallest absolute Gasteiger partial charge is 0.141 e. The molecule has 1 aliphatic heterocycles. The fourth-order valence-corrected chi connectivity index (χ4v) is 4.02. The van der Waals surface area contributed by atoms with Crippen LogP contribution in [0.4, 0.5) is 0 Å². The van der Waals surface area contributed by atoms with Crippen LogP contribution in [0.15, 0.2) is 54.7 Å². The van der Waals surface area contributed by atoms with Gasteiger partial charge in [-0.1, -0.05) is 55.7 Å². The zero-order valence-electron chi connectivity index (χ0n) is 13.2. The van der Waals surface area contributed by atoms with Crippen LogP contribution in [0.2, 0.25) is 0 Å². The van der Waals surface area contributed by atoms with Gasteiger partial charge in [0.25, 0.3) is 0 Å². The van der Waals surface area contributed by atoms with Crippen LogP contribution in [0.1, 0.15) is 25.0 Å². The highest BCUT2D eigenvalue weighted by Gasteiger charge is 2.35. The molecule has 108 valence electrons. The first-order chi connectivity index (χ1) is 11.1. The molecule has 0 saturated heterocycles. The molecule has 0 fully saturated rings. The Bertz CT molecular complexity index is 1110. The summed E-state index contributed by atoms with van der Waals surface area (Å²) >= 11 is 0. The van der Waals surface area contributed by atoms with Crippen molar-refractivity contribution in [2.24, 2.45) is 0 Å². The number of rotatable bonds is 0. The van der Waals surface area contributed by atoms with Gasteiger partial charge in [0.1, 0.15) is 13.7 Å². The van der Waals surface area contributed by atoms with Gasteiger partial charge in [0.15, 0.2) is 0 Å². The van der Waals surface area contributed by atoms with Crippen molar-refractivity contribution in [3.8, 4) is 5.82 Å². The average Bonchev–Trinajstić information content (AvgIpc) is 2.87. The second-order valence-corrected chi connectivity index (χ2v) is 6.81. The monoisotopic (exact) mass is 294 g/mol.